The Labute approximate surface area is 296 Å². The van der Waals surface area contributed by atoms with Crippen LogP contribution >= 0.6 is 0 Å². The molecule has 2 aromatic rings. The Bertz CT molecular complexity index is 1240. The topological polar surface area (TPSA) is 0 Å². The van der Waals surface area contributed by atoms with Crippen molar-refractivity contribution >= 4 is 8.78 Å². The molecule has 2 aromatic carbocycles. The zero-order valence-electron chi connectivity index (χ0n) is 27.0. The molecule has 236 valence electrons. The summed E-state index contributed by atoms with van der Waals surface area (Å²) >= 11 is 1.73. The Hall–Kier alpha value is -1.01. The van der Waals surface area contributed by atoms with Gasteiger partial charge in [0.25, 0.3) is 0 Å². The molecule has 44 heavy (non-hydrogen) atoms. The molecule has 3 saturated carbocycles. The fourth-order valence-corrected chi connectivity index (χ4v) is 10.4. The quantitative estimate of drug-likeness (QED) is 0.391. The van der Waals surface area contributed by atoms with E-state index < -0.39 is 0 Å². The molecule has 0 aromatic heterocycles. The van der Waals surface area contributed by atoms with Crippen LogP contribution in [0.2, 0.25) is 0 Å². The monoisotopic (exact) mass is 704 g/mol. The molecule has 0 radical (unpaired) electrons. The maximum absolute atomic E-state index is 2.57. The minimum absolute atomic E-state index is 0. The van der Waals surface area contributed by atoms with Crippen molar-refractivity contribution in [3.8, 4) is 0 Å². The van der Waals surface area contributed by atoms with Crippen molar-refractivity contribution in [1.29, 1.82) is 0 Å². The van der Waals surface area contributed by atoms with E-state index in [2.05, 4.69) is 56.7 Å². The first kappa shape index (κ1) is 35.8. The van der Waals surface area contributed by atoms with Crippen LogP contribution in [0, 0.1) is 41.9 Å². The molecule has 6 aliphatic rings. The van der Waals surface area contributed by atoms with Crippen molar-refractivity contribution in [2.24, 2.45) is 35.5 Å². The molecule has 4 unspecified atom stereocenters. The van der Waals surface area contributed by atoms with E-state index in [0.717, 1.165) is 41.9 Å². The number of halogens is 2. The van der Waals surface area contributed by atoms with Gasteiger partial charge >= 0.3 is 116 Å². The van der Waals surface area contributed by atoms with E-state index in [9.17, 15) is 0 Å². The fraction of sp³-hybridized carbons (Fsp3) is 0.537. The summed E-state index contributed by atoms with van der Waals surface area (Å²) in [5.41, 5.74) is 9.71. The molecule has 0 saturated heterocycles. The number of benzene rings is 1. The second kappa shape index (κ2) is 17.2. The van der Waals surface area contributed by atoms with Gasteiger partial charge in [-0.05, 0) is 36.7 Å². The second-order valence-corrected chi connectivity index (χ2v) is 15.4. The summed E-state index contributed by atoms with van der Waals surface area (Å²) < 4.78 is 1.91. The molecular weight excluding hydrogens is 655 g/mol. The van der Waals surface area contributed by atoms with Crippen molar-refractivity contribution in [2.45, 2.75) is 104 Å². The van der Waals surface area contributed by atoms with Crippen molar-refractivity contribution in [3.05, 3.63) is 101 Å². The van der Waals surface area contributed by atoms with E-state index in [1.807, 2.05) is 33.5 Å². The predicted molar refractivity (Wildman–Crippen MR) is 177 cm³/mol. The minimum atomic E-state index is 0. The van der Waals surface area contributed by atoms with Crippen LogP contribution in [0.4, 0.5) is 0 Å². The van der Waals surface area contributed by atoms with Crippen LogP contribution in [0.5, 0.6) is 0 Å². The first-order valence-electron chi connectivity index (χ1n) is 17.4. The molecule has 4 atom stereocenters. The van der Waals surface area contributed by atoms with E-state index in [1.165, 1.54) is 89.0 Å². The van der Waals surface area contributed by atoms with Crippen LogP contribution in [0.3, 0.4) is 0 Å². The Morgan fingerprint density at radius 2 is 1.41 bits per heavy atom. The first-order valence-corrected chi connectivity index (χ1v) is 18.7. The maximum Gasteiger partial charge on any atom is -0.172 e. The Morgan fingerprint density at radius 3 is 2.02 bits per heavy atom. The Kier molecular flexibility index (Phi) is 14.0. The summed E-state index contributed by atoms with van der Waals surface area (Å²) in [4.78, 5) is 0. The van der Waals surface area contributed by atoms with Gasteiger partial charge in [-0.25, -0.2) is 24.1 Å². The summed E-state index contributed by atoms with van der Waals surface area (Å²) in [6.45, 7) is 5.04. The SMILES string of the molecule is C1=CC2=C3C(=C4[CH-]CCCC4C2CC1)Cc1ccccc13.CC([C](=[Zr+2])C(C)C1CCCC1)C1CCCC1.[Cl-].[Cl-].c1cc[cH-]c1. The van der Waals surface area contributed by atoms with Crippen LogP contribution < -0.4 is 24.8 Å². The van der Waals surface area contributed by atoms with Crippen LogP contribution in [0.15, 0.2) is 83.5 Å². The van der Waals surface area contributed by atoms with Gasteiger partial charge in [-0.1, -0.05) is 66.0 Å². The van der Waals surface area contributed by atoms with Crippen molar-refractivity contribution in [3.63, 3.8) is 0 Å². The summed E-state index contributed by atoms with van der Waals surface area (Å²) in [6, 6.07) is 19.1. The van der Waals surface area contributed by atoms with Gasteiger partial charge in [0.1, 0.15) is 0 Å². The van der Waals surface area contributed by atoms with Gasteiger partial charge in [0.05, 0.1) is 0 Å². The van der Waals surface area contributed by atoms with E-state index in [1.54, 1.807) is 52.1 Å². The number of fused-ring (bicyclic) bond motifs is 6. The summed E-state index contributed by atoms with van der Waals surface area (Å²) in [6.07, 6.45) is 27.3. The molecule has 3 fully saturated rings. The molecule has 8 rings (SSSR count). The fourth-order valence-electron chi connectivity index (χ4n) is 9.21. The average Bonchev–Trinajstić information content (AvgIpc) is 3.88. The van der Waals surface area contributed by atoms with Gasteiger partial charge in [-0.15, -0.1) is 6.42 Å². The molecule has 0 spiro atoms. The van der Waals surface area contributed by atoms with Crippen LogP contribution in [-0.4, -0.2) is 3.21 Å². The first-order chi connectivity index (χ1) is 20.6. The molecule has 3 heteroatoms. The van der Waals surface area contributed by atoms with Gasteiger partial charge in [-0.3, -0.25) is 0 Å². The third-order valence-electron chi connectivity index (χ3n) is 11.7. The molecule has 0 aliphatic heterocycles. The van der Waals surface area contributed by atoms with Crippen molar-refractivity contribution < 1.29 is 49.0 Å². The zero-order valence-corrected chi connectivity index (χ0v) is 31.0. The molecule has 0 amide bonds. The summed E-state index contributed by atoms with van der Waals surface area (Å²) in [7, 11) is 0. The van der Waals surface area contributed by atoms with Crippen LogP contribution in [0.25, 0.3) is 5.57 Å². The van der Waals surface area contributed by atoms with Gasteiger partial charge < -0.3 is 24.8 Å². The van der Waals surface area contributed by atoms with E-state index in [0.29, 0.717) is 0 Å². The zero-order chi connectivity index (χ0) is 28.9. The van der Waals surface area contributed by atoms with Crippen molar-refractivity contribution in [2.75, 3.05) is 0 Å². The minimum Gasteiger partial charge on any atom is -1.00 e. The number of hydrogen-bond donors (Lipinski definition) is 0. The van der Waals surface area contributed by atoms with Crippen LogP contribution in [0.1, 0.15) is 108 Å². The molecule has 0 nitrogen and oxygen atoms in total. The molecule has 6 aliphatic carbocycles. The van der Waals surface area contributed by atoms with Gasteiger partial charge in [0, 0.05) is 0 Å². The molecule has 0 bridgehead atoms. The number of hydrogen-bond acceptors (Lipinski definition) is 0. The smallest absolute Gasteiger partial charge is 0.172 e. The van der Waals surface area contributed by atoms with Gasteiger partial charge in [0.2, 0.25) is 0 Å². The summed E-state index contributed by atoms with van der Waals surface area (Å²) in [5, 5.41) is 0. The third kappa shape index (κ3) is 7.92. The predicted octanol–water partition coefficient (Wildman–Crippen LogP) is 5.05. The molecular formula is C41H52Cl2Zr-2. The number of allylic oxidation sites excluding steroid dienone is 6. The largest absolute Gasteiger partial charge is 1.00 e. The van der Waals surface area contributed by atoms with Gasteiger partial charge in [-0.2, -0.15) is 23.8 Å². The Morgan fingerprint density at radius 1 is 0.773 bits per heavy atom. The second-order valence-electron chi connectivity index (χ2n) is 14.0. The van der Waals surface area contributed by atoms with Crippen molar-refractivity contribution in [1.82, 2.24) is 0 Å². The van der Waals surface area contributed by atoms with Gasteiger partial charge in [0.15, 0.2) is 0 Å². The molecule has 0 N–H and O–H groups in total. The summed E-state index contributed by atoms with van der Waals surface area (Å²) in [5.74, 6) is 5.53. The number of rotatable bonds is 4. The van der Waals surface area contributed by atoms with Crippen LogP contribution in [-0.2, 0) is 30.7 Å². The van der Waals surface area contributed by atoms with E-state index >= 15 is 0 Å². The third-order valence-corrected chi connectivity index (χ3v) is 13.9. The maximum atomic E-state index is 2.57. The Balaban J connectivity index is 0.000000171. The van der Waals surface area contributed by atoms with E-state index in [-0.39, 0.29) is 24.8 Å². The van der Waals surface area contributed by atoms with E-state index in [4.69, 9.17) is 0 Å². The standard InChI is InChI=1S/C21H21.C15H26.C5H5.2ClH.Zr/c1-2-8-15-14(7-1)13-20-18-11-4-3-9-16(18)17-10-5-6-12-19(17)21(15)20;1-12(14-7-3-4-8-14)11-13(2)15-9-5-6-10-15;1-2-4-5-3-1;;;/h1-2,6-8,11-12,16-17H,3-5,9-10,13H2;12-15H,3-10H2,1-2H3;1-5H;2*1H;/q-1;;-1;;;+2/p-2. The molecule has 0 heterocycles. The normalized spacial score (nSPS) is 24.9. The average molecular weight is 707 g/mol.